The predicted molar refractivity (Wildman–Crippen MR) is 279 cm³/mol. The SMILES string of the molecule is c1ccc(-c2nc(-c3ccc(-n4c5ccccc5c5ccc(-c6ccc7oc8ccccc8c7c6)cc54)cc3)nc(-c3cccc4c3-c3ccccc3C43c4ccccc4-c4ccccc43)n2)cc1. The van der Waals surface area contributed by atoms with Gasteiger partial charge in [0.25, 0.3) is 0 Å². The lowest BCUT2D eigenvalue weighted by molar-refractivity contribution is 0.669. The van der Waals surface area contributed by atoms with Gasteiger partial charge in [-0.25, -0.2) is 15.0 Å². The minimum absolute atomic E-state index is 0.473. The molecule has 10 aromatic carbocycles. The molecule has 0 atom stereocenters. The summed E-state index contributed by atoms with van der Waals surface area (Å²) in [5, 5.41) is 4.65. The molecule has 0 fully saturated rings. The Labute approximate surface area is 397 Å². The van der Waals surface area contributed by atoms with E-state index in [2.05, 4.69) is 205 Å². The molecule has 3 heterocycles. The second-order valence-electron chi connectivity index (χ2n) is 18.2. The molecule has 15 rings (SSSR count). The van der Waals surface area contributed by atoms with Gasteiger partial charge in [-0.05, 0) is 110 Å². The van der Waals surface area contributed by atoms with Crippen LogP contribution >= 0.6 is 0 Å². The van der Waals surface area contributed by atoms with Gasteiger partial charge >= 0.3 is 0 Å². The van der Waals surface area contributed by atoms with E-state index >= 15 is 0 Å². The second-order valence-corrected chi connectivity index (χ2v) is 18.2. The predicted octanol–water partition coefficient (Wildman–Crippen LogP) is 15.9. The Hall–Kier alpha value is -9.19. The summed E-state index contributed by atoms with van der Waals surface area (Å²) < 4.78 is 8.56. The fourth-order valence-electron chi connectivity index (χ4n) is 11.8. The lowest BCUT2D eigenvalue weighted by atomic mass is 9.70. The first-order valence-corrected chi connectivity index (χ1v) is 23.5. The van der Waals surface area contributed by atoms with Crippen LogP contribution in [0.1, 0.15) is 22.3 Å². The normalized spacial score (nSPS) is 13.0. The first-order chi connectivity index (χ1) is 34.2. The van der Waals surface area contributed by atoms with E-state index in [1.165, 1.54) is 49.7 Å². The topological polar surface area (TPSA) is 56.7 Å². The lowest BCUT2D eigenvalue weighted by Crippen LogP contribution is -2.25. The fraction of sp³-hybridized carbons (Fsp3) is 0.0156. The van der Waals surface area contributed by atoms with Gasteiger partial charge in [0, 0.05) is 43.9 Å². The van der Waals surface area contributed by atoms with Crippen molar-refractivity contribution in [3.05, 3.63) is 253 Å². The molecule has 2 aliphatic carbocycles. The fourth-order valence-corrected chi connectivity index (χ4v) is 11.8. The molecule has 2 aliphatic rings. The molecule has 0 aliphatic heterocycles. The summed E-state index contributed by atoms with van der Waals surface area (Å²) in [5.74, 6) is 1.89. The van der Waals surface area contributed by atoms with Crippen LogP contribution < -0.4 is 0 Å². The minimum Gasteiger partial charge on any atom is -0.456 e. The van der Waals surface area contributed by atoms with Crippen molar-refractivity contribution >= 4 is 43.7 Å². The molecule has 0 saturated heterocycles. The van der Waals surface area contributed by atoms with Gasteiger partial charge in [-0.2, -0.15) is 0 Å². The van der Waals surface area contributed by atoms with E-state index in [0.29, 0.717) is 17.5 Å². The Morgan fingerprint density at radius 1 is 0.319 bits per heavy atom. The standard InChI is InChI=1S/C64H38N4O/c1-2-15-39(16-3-1)61-65-62(67-63(66-61)50-22-14-26-55-60(50)49-21-6-11-25-54(49)64(55)52-23-9-4-17-44(52)45-18-5-10-24-53(45)64)40-29-33-43(34-30-40)68-56-27-12-7-19-46(56)47-35-31-42(38-57(47)68)41-32-36-59-51(37-41)48-20-8-13-28-58(48)69-59/h1-38H. The van der Waals surface area contributed by atoms with Crippen molar-refractivity contribution in [3.63, 3.8) is 0 Å². The summed E-state index contributed by atoms with van der Waals surface area (Å²) in [5.41, 5.74) is 19.8. The molecule has 13 aromatic rings. The minimum atomic E-state index is -0.473. The molecule has 0 unspecified atom stereocenters. The van der Waals surface area contributed by atoms with E-state index in [1.54, 1.807) is 0 Å². The van der Waals surface area contributed by atoms with Crippen molar-refractivity contribution in [1.82, 2.24) is 19.5 Å². The van der Waals surface area contributed by atoms with E-state index in [0.717, 1.165) is 72.0 Å². The van der Waals surface area contributed by atoms with Crippen LogP contribution in [0.4, 0.5) is 0 Å². The molecule has 0 bridgehead atoms. The van der Waals surface area contributed by atoms with Gasteiger partial charge in [0.2, 0.25) is 0 Å². The van der Waals surface area contributed by atoms with Crippen molar-refractivity contribution in [3.8, 4) is 73.2 Å². The zero-order chi connectivity index (χ0) is 45.2. The van der Waals surface area contributed by atoms with Crippen LogP contribution in [0.25, 0.3) is 117 Å². The summed E-state index contributed by atoms with van der Waals surface area (Å²) in [6.45, 7) is 0. The highest BCUT2D eigenvalue weighted by Gasteiger charge is 2.52. The Bertz CT molecular complexity index is 4210. The molecule has 3 aromatic heterocycles. The first kappa shape index (κ1) is 38.0. The molecule has 5 nitrogen and oxygen atoms in total. The summed E-state index contributed by atoms with van der Waals surface area (Å²) >= 11 is 0. The third-order valence-electron chi connectivity index (χ3n) is 14.7. The van der Waals surface area contributed by atoms with Crippen molar-refractivity contribution in [2.75, 3.05) is 0 Å². The number of rotatable bonds is 5. The zero-order valence-electron chi connectivity index (χ0n) is 37.1. The van der Waals surface area contributed by atoms with Crippen LogP contribution in [0.15, 0.2) is 235 Å². The molecule has 0 radical (unpaired) electrons. The average Bonchev–Trinajstić information content (AvgIpc) is 4.14. The van der Waals surface area contributed by atoms with Crippen molar-refractivity contribution in [1.29, 1.82) is 0 Å². The van der Waals surface area contributed by atoms with Gasteiger partial charge in [0.15, 0.2) is 17.5 Å². The van der Waals surface area contributed by atoms with Gasteiger partial charge in [-0.3, -0.25) is 0 Å². The van der Waals surface area contributed by atoms with Gasteiger partial charge in [-0.15, -0.1) is 0 Å². The van der Waals surface area contributed by atoms with Crippen LogP contribution in [-0.2, 0) is 5.41 Å². The van der Waals surface area contributed by atoms with Gasteiger partial charge in [0.05, 0.1) is 16.4 Å². The number of hydrogen-bond donors (Lipinski definition) is 0. The Morgan fingerprint density at radius 2 is 0.841 bits per heavy atom. The molecule has 0 amide bonds. The summed E-state index contributed by atoms with van der Waals surface area (Å²) in [7, 11) is 0. The smallest absolute Gasteiger partial charge is 0.164 e. The first-order valence-electron chi connectivity index (χ1n) is 23.5. The average molecular weight is 879 g/mol. The van der Waals surface area contributed by atoms with E-state index in [-0.39, 0.29) is 0 Å². The van der Waals surface area contributed by atoms with Crippen LogP contribution in [0.3, 0.4) is 0 Å². The maximum absolute atomic E-state index is 6.18. The number of nitrogens with zero attached hydrogens (tertiary/aromatic N) is 4. The van der Waals surface area contributed by atoms with Crippen LogP contribution in [-0.4, -0.2) is 19.5 Å². The van der Waals surface area contributed by atoms with Gasteiger partial charge < -0.3 is 8.98 Å². The summed E-state index contributed by atoms with van der Waals surface area (Å²) in [6, 6.07) is 82.6. The number of aromatic nitrogens is 4. The van der Waals surface area contributed by atoms with Crippen LogP contribution in [0.5, 0.6) is 0 Å². The zero-order valence-corrected chi connectivity index (χ0v) is 37.1. The van der Waals surface area contributed by atoms with Crippen molar-refractivity contribution in [2.45, 2.75) is 5.41 Å². The third-order valence-corrected chi connectivity index (χ3v) is 14.7. The number of furan rings is 1. The second kappa shape index (κ2) is 14.4. The van der Waals surface area contributed by atoms with E-state index in [9.17, 15) is 0 Å². The van der Waals surface area contributed by atoms with Crippen LogP contribution in [0, 0.1) is 0 Å². The maximum Gasteiger partial charge on any atom is 0.164 e. The number of para-hydroxylation sites is 2. The lowest BCUT2D eigenvalue weighted by Gasteiger charge is -2.30. The number of fused-ring (bicyclic) bond motifs is 16. The molecule has 0 N–H and O–H groups in total. The van der Waals surface area contributed by atoms with Crippen molar-refractivity contribution in [2.24, 2.45) is 0 Å². The van der Waals surface area contributed by atoms with E-state index < -0.39 is 5.41 Å². The molecule has 320 valence electrons. The Kier molecular flexibility index (Phi) is 7.93. The monoisotopic (exact) mass is 878 g/mol. The van der Waals surface area contributed by atoms with Gasteiger partial charge in [0.1, 0.15) is 11.2 Å². The summed E-state index contributed by atoms with van der Waals surface area (Å²) in [6.07, 6.45) is 0. The molecule has 5 heteroatoms. The quantitative estimate of drug-likeness (QED) is 0.173. The third kappa shape index (κ3) is 5.38. The number of hydrogen-bond acceptors (Lipinski definition) is 4. The highest BCUT2D eigenvalue weighted by molar-refractivity contribution is 6.11. The van der Waals surface area contributed by atoms with Gasteiger partial charge in [-0.1, -0.05) is 176 Å². The van der Waals surface area contributed by atoms with Crippen LogP contribution in [0.2, 0.25) is 0 Å². The summed E-state index contributed by atoms with van der Waals surface area (Å²) in [4.78, 5) is 15.9. The highest BCUT2D eigenvalue weighted by Crippen LogP contribution is 2.63. The highest BCUT2D eigenvalue weighted by atomic mass is 16.3. The number of benzene rings is 10. The largest absolute Gasteiger partial charge is 0.456 e. The van der Waals surface area contributed by atoms with E-state index in [4.69, 9.17) is 19.4 Å². The van der Waals surface area contributed by atoms with Crippen molar-refractivity contribution < 1.29 is 4.42 Å². The Balaban J connectivity index is 0.886. The molecular weight excluding hydrogens is 841 g/mol. The molecular formula is C64H38N4O. The van der Waals surface area contributed by atoms with E-state index in [1.807, 2.05) is 30.3 Å². The maximum atomic E-state index is 6.18. The Morgan fingerprint density at radius 3 is 1.61 bits per heavy atom. The molecule has 0 saturated carbocycles. The molecule has 1 spiro atoms. The molecule has 69 heavy (non-hydrogen) atoms.